The molecule has 3 aromatic rings. The van der Waals surface area contributed by atoms with Gasteiger partial charge in [-0.25, -0.2) is 0 Å². The predicted molar refractivity (Wildman–Crippen MR) is 116 cm³/mol. The van der Waals surface area contributed by atoms with Crippen molar-refractivity contribution < 1.29 is 9.47 Å². The summed E-state index contributed by atoms with van der Waals surface area (Å²) in [5.74, 6) is 1.49. The van der Waals surface area contributed by atoms with E-state index in [9.17, 15) is 0 Å². The third-order valence-corrected chi connectivity index (χ3v) is 4.90. The lowest BCUT2D eigenvalue weighted by atomic mass is 10.1. The molecule has 0 heterocycles. The summed E-state index contributed by atoms with van der Waals surface area (Å²) in [6.45, 7) is 2.01. The first-order valence-corrected chi connectivity index (χ1v) is 9.89. The van der Waals surface area contributed by atoms with Gasteiger partial charge in [-0.1, -0.05) is 59.6 Å². The van der Waals surface area contributed by atoms with Gasteiger partial charge in [-0.3, -0.25) is 0 Å². The van der Waals surface area contributed by atoms with Crippen molar-refractivity contribution >= 4 is 23.2 Å². The lowest BCUT2D eigenvalue weighted by Crippen LogP contribution is -2.17. The number of hydrogen-bond acceptors (Lipinski definition) is 3. The molecule has 0 aromatic heterocycles. The van der Waals surface area contributed by atoms with E-state index in [0.717, 1.165) is 40.6 Å². The van der Waals surface area contributed by atoms with E-state index in [2.05, 4.69) is 23.5 Å². The van der Waals surface area contributed by atoms with Gasteiger partial charge < -0.3 is 14.8 Å². The Balaban J connectivity index is 1.60. The van der Waals surface area contributed by atoms with Crippen molar-refractivity contribution in [3.05, 3.63) is 93.5 Å². The summed E-state index contributed by atoms with van der Waals surface area (Å²) >= 11 is 11.9. The van der Waals surface area contributed by atoms with Crippen LogP contribution in [0.2, 0.25) is 10.0 Å². The molecule has 0 aliphatic heterocycles. The summed E-state index contributed by atoms with van der Waals surface area (Å²) in [6, 6.07) is 21.5. The molecule has 0 fully saturated rings. The summed E-state index contributed by atoms with van der Waals surface area (Å²) in [6.07, 6.45) is 0.933. The lowest BCUT2D eigenvalue weighted by Gasteiger charge is -2.16. The second-order valence-electron chi connectivity index (χ2n) is 6.42. The molecular weight excluding hydrogens is 393 g/mol. The van der Waals surface area contributed by atoms with Gasteiger partial charge in [0.25, 0.3) is 0 Å². The Morgan fingerprint density at radius 3 is 2.11 bits per heavy atom. The quantitative estimate of drug-likeness (QED) is 0.440. The summed E-state index contributed by atoms with van der Waals surface area (Å²) < 4.78 is 11.6. The molecule has 3 aromatic carbocycles. The third-order valence-electron chi connectivity index (χ3n) is 4.40. The summed E-state index contributed by atoms with van der Waals surface area (Å²) in [7, 11) is 1.65. The van der Waals surface area contributed by atoms with E-state index < -0.39 is 0 Å². The highest BCUT2D eigenvalue weighted by atomic mass is 35.5. The molecule has 0 bridgehead atoms. The van der Waals surface area contributed by atoms with Crippen molar-refractivity contribution in [3.63, 3.8) is 0 Å². The molecule has 0 aliphatic carbocycles. The van der Waals surface area contributed by atoms with Crippen LogP contribution in [0, 0.1) is 0 Å². The van der Waals surface area contributed by atoms with E-state index in [4.69, 9.17) is 32.7 Å². The topological polar surface area (TPSA) is 30.5 Å². The predicted octanol–water partition coefficient (Wildman–Crippen LogP) is 5.91. The average molecular weight is 416 g/mol. The number of nitrogens with one attached hydrogen (secondary N) is 1. The zero-order valence-electron chi connectivity index (χ0n) is 15.8. The molecule has 0 unspecified atom stereocenters. The van der Waals surface area contributed by atoms with Gasteiger partial charge in [0.15, 0.2) is 11.5 Å². The Morgan fingerprint density at radius 1 is 0.821 bits per heavy atom. The van der Waals surface area contributed by atoms with Crippen molar-refractivity contribution in [2.75, 3.05) is 13.7 Å². The molecule has 146 valence electrons. The molecule has 0 saturated carbocycles. The lowest BCUT2D eigenvalue weighted by molar-refractivity contribution is 0.280. The molecule has 0 atom stereocenters. The molecule has 0 radical (unpaired) electrons. The normalized spacial score (nSPS) is 10.7. The average Bonchev–Trinajstić information content (AvgIpc) is 2.72. The number of methoxy groups -OCH3 is 1. The number of halogens is 2. The van der Waals surface area contributed by atoms with Gasteiger partial charge in [-0.15, -0.1) is 0 Å². The molecule has 3 rings (SSSR count). The molecule has 5 heteroatoms. The standard InChI is InChI=1S/C23H23Cl2NO2/c1-27-22-4-2-3-19(15-26-14-13-17-5-9-20(24)10-6-17)23(22)28-16-18-7-11-21(25)12-8-18/h2-12,26H,13-16H2,1H3. The molecule has 1 N–H and O–H groups in total. The highest BCUT2D eigenvalue weighted by Crippen LogP contribution is 2.32. The van der Waals surface area contributed by atoms with Gasteiger partial charge in [0, 0.05) is 22.2 Å². The van der Waals surface area contributed by atoms with Gasteiger partial charge in [-0.2, -0.15) is 0 Å². The van der Waals surface area contributed by atoms with Gasteiger partial charge in [-0.05, 0) is 54.4 Å². The van der Waals surface area contributed by atoms with Crippen molar-refractivity contribution in [1.82, 2.24) is 5.32 Å². The van der Waals surface area contributed by atoms with Crippen LogP contribution in [0.4, 0.5) is 0 Å². The van der Waals surface area contributed by atoms with E-state index in [-0.39, 0.29) is 0 Å². The molecule has 0 saturated heterocycles. The highest BCUT2D eigenvalue weighted by molar-refractivity contribution is 6.30. The van der Waals surface area contributed by atoms with E-state index >= 15 is 0 Å². The smallest absolute Gasteiger partial charge is 0.166 e. The molecule has 28 heavy (non-hydrogen) atoms. The Morgan fingerprint density at radius 2 is 1.46 bits per heavy atom. The van der Waals surface area contributed by atoms with Crippen LogP contribution in [0.15, 0.2) is 66.7 Å². The summed E-state index contributed by atoms with van der Waals surface area (Å²) in [5, 5.41) is 4.95. The first kappa shape index (κ1) is 20.5. The van der Waals surface area contributed by atoms with E-state index in [0.29, 0.717) is 18.2 Å². The monoisotopic (exact) mass is 415 g/mol. The minimum Gasteiger partial charge on any atom is -0.493 e. The fraction of sp³-hybridized carbons (Fsp3) is 0.217. The number of rotatable bonds is 9. The van der Waals surface area contributed by atoms with E-state index in [1.165, 1.54) is 5.56 Å². The molecule has 3 nitrogen and oxygen atoms in total. The van der Waals surface area contributed by atoms with Gasteiger partial charge >= 0.3 is 0 Å². The Labute approximate surface area is 176 Å². The molecular formula is C23H23Cl2NO2. The summed E-state index contributed by atoms with van der Waals surface area (Å²) in [4.78, 5) is 0. The molecule has 0 amide bonds. The second-order valence-corrected chi connectivity index (χ2v) is 7.29. The van der Waals surface area contributed by atoms with Crippen LogP contribution in [0.5, 0.6) is 11.5 Å². The fourth-order valence-corrected chi connectivity index (χ4v) is 3.12. The minimum absolute atomic E-state index is 0.454. The largest absolute Gasteiger partial charge is 0.493 e. The van der Waals surface area contributed by atoms with Crippen molar-refractivity contribution in [2.24, 2.45) is 0 Å². The van der Waals surface area contributed by atoms with E-state index in [1.807, 2.05) is 48.5 Å². The van der Waals surface area contributed by atoms with Gasteiger partial charge in [0.2, 0.25) is 0 Å². The van der Waals surface area contributed by atoms with E-state index in [1.54, 1.807) is 7.11 Å². The molecule has 0 aliphatic rings. The SMILES string of the molecule is COc1cccc(CNCCc2ccc(Cl)cc2)c1OCc1ccc(Cl)cc1. The maximum Gasteiger partial charge on any atom is 0.166 e. The zero-order chi connectivity index (χ0) is 19.8. The van der Waals surface area contributed by atoms with Gasteiger partial charge in [0.1, 0.15) is 6.61 Å². The van der Waals surface area contributed by atoms with Crippen LogP contribution >= 0.6 is 23.2 Å². The van der Waals surface area contributed by atoms with Crippen LogP contribution < -0.4 is 14.8 Å². The Kier molecular flexibility index (Phi) is 7.61. The van der Waals surface area contributed by atoms with Crippen LogP contribution in [-0.4, -0.2) is 13.7 Å². The van der Waals surface area contributed by atoms with Gasteiger partial charge in [0.05, 0.1) is 7.11 Å². The second kappa shape index (κ2) is 10.4. The zero-order valence-corrected chi connectivity index (χ0v) is 17.3. The number of para-hydroxylation sites is 1. The highest BCUT2D eigenvalue weighted by Gasteiger charge is 2.11. The van der Waals surface area contributed by atoms with Crippen molar-refractivity contribution in [1.29, 1.82) is 0 Å². The minimum atomic E-state index is 0.454. The fourth-order valence-electron chi connectivity index (χ4n) is 2.87. The first-order chi connectivity index (χ1) is 13.7. The summed E-state index contributed by atoms with van der Waals surface area (Å²) in [5.41, 5.74) is 3.36. The van der Waals surface area contributed by atoms with Crippen LogP contribution in [0.3, 0.4) is 0 Å². The maximum absolute atomic E-state index is 6.09. The van der Waals surface area contributed by atoms with Crippen LogP contribution in [0.1, 0.15) is 16.7 Å². The molecule has 0 spiro atoms. The van der Waals surface area contributed by atoms with Crippen LogP contribution in [-0.2, 0) is 19.6 Å². The number of benzene rings is 3. The first-order valence-electron chi connectivity index (χ1n) is 9.14. The Hall–Kier alpha value is -2.20. The van der Waals surface area contributed by atoms with Crippen LogP contribution in [0.25, 0.3) is 0 Å². The van der Waals surface area contributed by atoms with Crippen molar-refractivity contribution in [2.45, 2.75) is 19.6 Å². The Bertz CT molecular complexity index is 880. The van der Waals surface area contributed by atoms with Crippen molar-refractivity contribution in [3.8, 4) is 11.5 Å². The third kappa shape index (κ3) is 5.90. The number of ether oxygens (including phenoxy) is 2. The number of hydrogen-bond donors (Lipinski definition) is 1. The maximum atomic E-state index is 6.09.